The highest BCUT2D eigenvalue weighted by molar-refractivity contribution is 6.00. The average Bonchev–Trinajstić information content (AvgIpc) is 2.36. The third-order valence-electron chi connectivity index (χ3n) is 2.96. The largest absolute Gasteiger partial charge is 0.471 e. The van der Waals surface area contributed by atoms with Crippen molar-refractivity contribution in [2.45, 2.75) is 33.1 Å². The number of carbonyl (C=O) groups is 2. The second-order valence-electron chi connectivity index (χ2n) is 4.79. The van der Waals surface area contributed by atoms with Gasteiger partial charge in [0, 0.05) is 11.4 Å². The number of amides is 2. The van der Waals surface area contributed by atoms with Gasteiger partial charge < -0.3 is 10.6 Å². The van der Waals surface area contributed by atoms with E-state index in [1.165, 1.54) is 26.8 Å². The lowest BCUT2D eigenvalue weighted by Gasteiger charge is -2.19. The summed E-state index contributed by atoms with van der Waals surface area (Å²) in [5.74, 6) is -4.53. The molecule has 0 heterocycles. The molecule has 0 aliphatic rings. The van der Waals surface area contributed by atoms with E-state index in [1.54, 1.807) is 10.6 Å². The molecule has 4 nitrogen and oxygen atoms in total. The molecular formula is C13H12F6N2O2. The topological polar surface area (TPSA) is 58.2 Å². The van der Waals surface area contributed by atoms with Crippen molar-refractivity contribution in [2.24, 2.45) is 0 Å². The summed E-state index contributed by atoms with van der Waals surface area (Å²) >= 11 is 0. The van der Waals surface area contributed by atoms with E-state index in [9.17, 15) is 35.9 Å². The van der Waals surface area contributed by atoms with Crippen LogP contribution in [-0.4, -0.2) is 24.2 Å². The fourth-order valence-electron chi connectivity index (χ4n) is 1.94. The highest BCUT2D eigenvalue weighted by Gasteiger charge is 2.40. The zero-order chi connectivity index (χ0) is 18.2. The van der Waals surface area contributed by atoms with E-state index in [-0.39, 0.29) is 28.1 Å². The Hall–Kier alpha value is -2.26. The van der Waals surface area contributed by atoms with Crippen LogP contribution in [0, 0.1) is 20.8 Å². The minimum atomic E-state index is -5.15. The molecule has 0 aromatic heterocycles. The van der Waals surface area contributed by atoms with Crippen molar-refractivity contribution in [3.63, 3.8) is 0 Å². The molecule has 0 spiro atoms. The Morgan fingerprint density at radius 1 is 0.783 bits per heavy atom. The summed E-state index contributed by atoms with van der Waals surface area (Å²) in [6.07, 6.45) is -10.3. The average molecular weight is 342 g/mol. The molecule has 2 amide bonds. The van der Waals surface area contributed by atoms with Crippen molar-refractivity contribution in [3.8, 4) is 0 Å². The molecule has 1 aromatic carbocycles. The number of rotatable bonds is 2. The van der Waals surface area contributed by atoms with Crippen LogP contribution in [0.1, 0.15) is 16.7 Å². The standard InChI is InChI=1S/C13H12F6N2O2/c1-5-4-6(2)9(21-11(23)13(17,18)19)7(3)8(5)20-10(22)12(14,15)16/h4H,1-3H3,(H,20,22)(H,21,23). The molecule has 1 aromatic rings. The van der Waals surface area contributed by atoms with Gasteiger partial charge in [0.05, 0.1) is 0 Å². The van der Waals surface area contributed by atoms with Crippen molar-refractivity contribution < 1.29 is 35.9 Å². The zero-order valence-electron chi connectivity index (χ0n) is 12.2. The van der Waals surface area contributed by atoms with Gasteiger partial charge in [0.2, 0.25) is 0 Å². The summed E-state index contributed by atoms with van der Waals surface area (Å²) < 4.78 is 73.9. The molecule has 23 heavy (non-hydrogen) atoms. The van der Waals surface area contributed by atoms with Crippen LogP contribution in [-0.2, 0) is 9.59 Å². The van der Waals surface area contributed by atoms with Crippen molar-refractivity contribution in [1.82, 2.24) is 0 Å². The maximum Gasteiger partial charge on any atom is 0.471 e. The van der Waals surface area contributed by atoms with Gasteiger partial charge in [0.1, 0.15) is 0 Å². The maximum absolute atomic E-state index is 12.3. The van der Waals surface area contributed by atoms with Crippen LogP contribution in [0.4, 0.5) is 37.7 Å². The highest BCUT2D eigenvalue weighted by Crippen LogP contribution is 2.33. The quantitative estimate of drug-likeness (QED) is 0.807. The molecule has 0 saturated carbocycles. The number of benzene rings is 1. The van der Waals surface area contributed by atoms with Crippen LogP contribution in [0.15, 0.2) is 6.07 Å². The zero-order valence-corrected chi connectivity index (χ0v) is 12.2. The predicted octanol–water partition coefficient (Wildman–Crippen LogP) is 3.61. The van der Waals surface area contributed by atoms with Crippen molar-refractivity contribution >= 4 is 23.2 Å². The molecule has 0 unspecified atom stereocenters. The Labute approximate surface area is 126 Å². The number of hydrogen-bond donors (Lipinski definition) is 2. The summed E-state index contributed by atoms with van der Waals surface area (Å²) in [5.41, 5.74) is -0.311. The third kappa shape index (κ3) is 4.36. The van der Waals surface area contributed by atoms with Crippen LogP contribution in [0.25, 0.3) is 0 Å². The van der Waals surface area contributed by atoms with Gasteiger partial charge in [-0.2, -0.15) is 26.3 Å². The molecule has 2 N–H and O–H groups in total. The molecule has 0 saturated heterocycles. The minimum Gasteiger partial charge on any atom is -0.318 e. The van der Waals surface area contributed by atoms with Gasteiger partial charge in [0.25, 0.3) is 0 Å². The smallest absolute Gasteiger partial charge is 0.318 e. The van der Waals surface area contributed by atoms with Crippen LogP contribution in [0.3, 0.4) is 0 Å². The van der Waals surface area contributed by atoms with E-state index in [0.717, 1.165) is 0 Å². The molecule has 1 rings (SSSR count). The van der Waals surface area contributed by atoms with Crippen molar-refractivity contribution in [1.29, 1.82) is 0 Å². The normalized spacial score (nSPS) is 12.0. The number of aryl methyl sites for hydroxylation is 2. The summed E-state index contributed by atoms with van der Waals surface area (Å²) in [4.78, 5) is 22.0. The van der Waals surface area contributed by atoms with Gasteiger partial charge in [-0.05, 0) is 37.5 Å². The fraction of sp³-hybridized carbons (Fsp3) is 0.385. The molecule has 0 atom stereocenters. The number of halogens is 6. The van der Waals surface area contributed by atoms with Crippen LogP contribution in [0.2, 0.25) is 0 Å². The Balaban J connectivity index is 3.28. The molecule has 0 aliphatic heterocycles. The second kappa shape index (κ2) is 6.09. The SMILES string of the molecule is Cc1cc(C)c(NC(=O)C(F)(F)F)c(C)c1NC(=O)C(F)(F)F. The lowest BCUT2D eigenvalue weighted by Crippen LogP contribution is -2.32. The first-order chi connectivity index (χ1) is 10.2. The van der Waals surface area contributed by atoms with Crippen LogP contribution >= 0.6 is 0 Å². The minimum absolute atomic E-state index is 0.113. The second-order valence-corrected chi connectivity index (χ2v) is 4.79. The molecule has 10 heteroatoms. The highest BCUT2D eigenvalue weighted by atomic mass is 19.4. The molecule has 0 radical (unpaired) electrons. The Morgan fingerprint density at radius 3 is 1.35 bits per heavy atom. The van der Waals surface area contributed by atoms with Crippen molar-refractivity contribution in [3.05, 3.63) is 22.8 Å². The van der Waals surface area contributed by atoms with Gasteiger partial charge in [-0.15, -0.1) is 0 Å². The Kier molecular flexibility index (Phi) is 4.97. The number of nitrogens with one attached hydrogen (secondary N) is 2. The number of carbonyl (C=O) groups excluding carboxylic acids is 2. The molecule has 128 valence electrons. The number of hydrogen-bond acceptors (Lipinski definition) is 2. The first kappa shape index (κ1) is 18.8. The van der Waals surface area contributed by atoms with E-state index < -0.39 is 24.2 Å². The summed E-state index contributed by atoms with van der Waals surface area (Å²) in [6, 6.07) is 1.25. The maximum atomic E-state index is 12.3. The molecular weight excluding hydrogens is 330 g/mol. The Morgan fingerprint density at radius 2 is 1.09 bits per heavy atom. The van der Waals surface area contributed by atoms with Crippen LogP contribution in [0.5, 0.6) is 0 Å². The first-order valence-corrected chi connectivity index (χ1v) is 6.12. The van der Waals surface area contributed by atoms with Crippen LogP contribution < -0.4 is 10.6 Å². The van der Waals surface area contributed by atoms with E-state index in [1.807, 2.05) is 0 Å². The van der Waals surface area contributed by atoms with Gasteiger partial charge in [0.15, 0.2) is 0 Å². The van der Waals surface area contributed by atoms with E-state index in [2.05, 4.69) is 0 Å². The van der Waals surface area contributed by atoms with Gasteiger partial charge in [-0.3, -0.25) is 9.59 Å². The first-order valence-electron chi connectivity index (χ1n) is 6.12. The monoisotopic (exact) mass is 342 g/mol. The van der Waals surface area contributed by atoms with Gasteiger partial charge in [-0.25, -0.2) is 0 Å². The molecule has 0 bridgehead atoms. The number of alkyl halides is 6. The van der Waals surface area contributed by atoms with E-state index in [0.29, 0.717) is 0 Å². The Bertz CT molecular complexity index is 597. The molecule has 0 aliphatic carbocycles. The van der Waals surface area contributed by atoms with E-state index in [4.69, 9.17) is 0 Å². The summed E-state index contributed by atoms with van der Waals surface area (Å²) in [5, 5.41) is 3.20. The lowest BCUT2D eigenvalue weighted by atomic mass is 10.0. The summed E-state index contributed by atoms with van der Waals surface area (Å²) in [6.45, 7) is 3.95. The predicted molar refractivity (Wildman–Crippen MR) is 70.0 cm³/mol. The lowest BCUT2D eigenvalue weighted by molar-refractivity contribution is -0.167. The van der Waals surface area contributed by atoms with Gasteiger partial charge in [-0.1, -0.05) is 6.07 Å². The number of anilines is 2. The molecule has 0 fully saturated rings. The summed E-state index contributed by atoms with van der Waals surface area (Å²) in [7, 11) is 0. The fourth-order valence-corrected chi connectivity index (χ4v) is 1.94. The van der Waals surface area contributed by atoms with Gasteiger partial charge >= 0.3 is 24.2 Å². The van der Waals surface area contributed by atoms with Crippen molar-refractivity contribution in [2.75, 3.05) is 10.6 Å². The van der Waals surface area contributed by atoms with E-state index >= 15 is 0 Å². The third-order valence-corrected chi connectivity index (χ3v) is 2.96.